The van der Waals surface area contributed by atoms with E-state index in [-0.39, 0.29) is 37.3 Å². The molecule has 10 nitrogen and oxygen atoms in total. The van der Waals surface area contributed by atoms with Crippen molar-refractivity contribution in [1.82, 2.24) is 20.9 Å². The van der Waals surface area contributed by atoms with Gasteiger partial charge in [0.1, 0.15) is 17.6 Å². The molecule has 1 saturated heterocycles. The zero-order chi connectivity index (χ0) is 32.7. The summed E-state index contributed by atoms with van der Waals surface area (Å²) in [6, 6.07) is 5.41. The molecule has 2 heterocycles. The smallest absolute Gasteiger partial charge is 0.332 e. The predicted octanol–water partition coefficient (Wildman–Crippen LogP) is 3.86. The molecule has 2 saturated carbocycles. The average molecular weight is 637 g/mol. The van der Waals surface area contributed by atoms with Gasteiger partial charge in [0.15, 0.2) is 0 Å². The number of benzene rings is 1. The Morgan fingerprint density at radius 2 is 1.89 bits per heavy atom. The van der Waals surface area contributed by atoms with Crippen LogP contribution in [0.4, 0.5) is 0 Å². The summed E-state index contributed by atoms with van der Waals surface area (Å²) in [6.07, 6.45) is 4.50. The van der Waals surface area contributed by atoms with Gasteiger partial charge in [0, 0.05) is 29.6 Å². The molecule has 2 unspecified atom stereocenters. The number of hydrogen-bond acceptors (Lipinski definition) is 7. The zero-order valence-electron chi connectivity index (χ0n) is 26.7. The maximum atomic E-state index is 14.3. The zero-order valence-corrected chi connectivity index (χ0v) is 27.6. The third kappa shape index (κ3) is 6.78. The van der Waals surface area contributed by atoms with Gasteiger partial charge in [-0.2, -0.15) is 0 Å². The van der Waals surface area contributed by atoms with Gasteiger partial charge in [-0.3, -0.25) is 19.2 Å². The number of carbonyl (C=O) groups excluding carboxylic acids is 5. The van der Waals surface area contributed by atoms with Gasteiger partial charge in [0.25, 0.3) is 5.91 Å². The van der Waals surface area contributed by atoms with E-state index >= 15 is 0 Å². The molecule has 3 fully saturated rings. The van der Waals surface area contributed by atoms with E-state index in [2.05, 4.69) is 22.5 Å². The molecule has 5 atom stereocenters. The molecule has 45 heavy (non-hydrogen) atoms. The monoisotopic (exact) mass is 636 g/mol. The van der Waals surface area contributed by atoms with Crippen molar-refractivity contribution in [3.05, 3.63) is 47.4 Å². The first-order chi connectivity index (χ1) is 21.3. The summed E-state index contributed by atoms with van der Waals surface area (Å²) in [5.74, 6) is -1.85. The molecule has 2 aromatic rings. The number of nitrogens with zero attached hydrogens (tertiary/aromatic N) is 1. The summed E-state index contributed by atoms with van der Waals surface area (Å²) >= 11 is 1.40. The van der Waals surface area contributed by atoms with Crippen LogP contribution < -0.4 is 16.0 Å². The molecule has 242 valence electrons. The van der Waals surface area contributed by atoms with Gasteiger partial charge in [-0.25, -0.2) is 4.79 Å². The van der Waals surface area contributed by atoms with Crippen LogP contribution in [0, 0.1) is 24.2 Å². The van der Waals surface area contributed by atoms with Crippen molar-refractivity contribution >= 4 is 51.0 Å². The first kappa shape index (κ1) is 32.7. The van der Waals surface area contributed by atoms with Crippen LogP contribution in [0.1, 0.15) is 75.0 Å². The van der Waals surface area contributed by atoms with E-state index in [4.69, 9.17) is 4.74 Å². The van der Waals surface area contributed by atoms with Crippen molar-refractivity contribution in [3.63, 3.8) is 0 Å². The quantitative estimate of drug-likeness (QED) is 0.253. The lowest BCUT2D eigenvalue weighted by molar-refractivity contribution is -0.150. The molecule has 1 aliphatic heterocycles. The molecule has 4 amide bonds. The topological polar surface area (TPSA) is 134 Å². The number of nitrogens with one attached hydrogen (secondary N) is 3. The predicted molar refractivity (Wildman–Crippen MR) is 172 cm³/mol. The Kier molecular flexibility index (Phi) is 9.13. The molecular weight excluding hydrogens is 592 g/mol. The number of rotatable bonds is 11. The molecule has 3 aliphatic rings. The van der Waals surface area contributed by atoms with Crippen molar-refractivity contribution in [2.45, 2.75) is 90.4 Å². The van der Waals surface area contributed by atoms with Gasteiger partial charge in [0.2, 0.25) is 17.7 Å². The number of hydrogen-bond donors (Lipinski definition) is 3. The minimum atomic E-state index is -1.24. The van der Waals surface area contributed by atoms with Gasteiger partial charge in [-0.05, 0) is 67.9 Å². The standard InChI is InChI=1S/C34H44N4O6S/c1-7-21-17-34(21,32(43)44-8-2)37-29(40)24-16-22(35-30(41)27-19(3)23-11-9-10-12-25(23)45-27)18-38(24)31(42)28(33(4,5)6)36-26(39)15-20-13-14-20/h7,9-12,20-22,24,28H,1,8,13-18H2,2-6H3,(H,35,41)(H,36,39)(H,37,40)/t21?,22-,24+,28-,34?/m1/s1. The van der Waals surface area contributed by atoms with E-state index in [0.717, 1.165) is 28.5 Å². The summed E-state index contributed by atoms with van der Waals surface area (Å²) in [7, 11) is 0. The number of thiophene rings is 1. The highest BCUT2D eigenvalue weighted by Crippen LogP contribution is 2.46. The van der Waals surface area contributed by atoms with E-state index < -0.39 is 46.9 Å². The van der Waals surface area contributed by atoms with Crippen molar-refractivity contribution in [2.75, 3.05) is 13.2 Å². The van der Waals surface area contributed by atoms with Crippen LogP contribution in [0.15, 0.2) is 36.9 Å². The fourth-order valence-electron chi connectivity index (χ4n) is 6.26. The Bertz CT molecular complexity index is 1520. The number of ether oxygens (including phenoxy) is 1. The lowest BCUT2D eigenvalue weighted by Crippen LogP contribution is -2.59. The minimum absolute atomic E-state index is 0.0783. The average Bonchev–Trinajstić information content (AvgIpc) is 3.87. The van der Waals surface area contributed by atoms with Gasteiger partial charge >= 0.3 is 5.97 Å². The van der Waals surface area contributed by atoms with Crippen LogP contribution in [0.25, 0.3) is 10.1 Å². The van der Waals surface area contributed by atoms with Gasteiger partial charge < -0.3 is 25.6 Å². The number of fused-ring (bicyclic) bond motifs is 1. The molecule has 2 aliphatic carbocycles. The van der Waals surface area contributed by atoms with Gasteiger partial charge in [0.05, 0.1) is 11.5 Å². The second kappa shape index (κ2) is 12.6. The van der Waals surface area contributed by atoms with Crippen LogP contribution in [-0.4, -0.2) is 71.3 Å². The Morgan fingerprint density at radius 3 is 2.49 bits per heavy atom. The number of aryl methyl sites for hydroxylation is 1. The SMILES string of the molecule is C=CC1CC1(NC(=O)[C@@H]1C[C@@H](NC(=O)c2sc3ccccc3c2C)CN1C(=O)[C@@H](NC(=O)CC1CC1)C(C)(C)C)C(=O)OCC. The molecule has 1 aromatic carbocycles. The first-order valence-electron chi connectivity index (χ1n) is 15.8. The molecular formula is C34H44N4O6S. The fourth-order valence-corrected chi connectivity index (χ4v) is 7.37. The normalized spacial score (nSPS) is 24.9. The summed E-state index contributed by atoms with van der Waals surface area (Å²) in [5.41, 5.74) is -1.01. The van der Waals surface area contributed by atoms with Crippen molar-refractivity contribution < 1.29 is 28.7 Å². The Hall–Kier alpha value is -3.73. The summed E-state index contributed by atoms with van der Waals surface area (Å²) in [4.78, 5) is 69.6. The van der Waals surface area contributed by atoms with Gasteiger partial charge in [-0.15, -0.1) is 17.9 Å². The maximum Gasteiger partial charge on any atom is 0.332 e. The van der Waals surface area contributed by atoms with E-state index in [1.165, 1.54) is 16.2 Å². The number of amides is 4. The number of carbonyl (C=O) groups is 5. The number of likely N-dealkylation sites (tertiary alicyclic amines) is 1. The molecule has 0 spiro atoms. The second-order valence-electron chi connectivity index (χ2n) is 13.7. The van der Waals surface area contributed by atoms with E-state index in [1.807, 2.05) is 52.0 Å². The molecule has 5 rings (SSSR count). The van der Waals surface area contributed by atoms with E-state index in [0.29, 0.717) is 23.6 Å². The third-order valence-electron chi connectivity index (χ3n) is 9.15. The van der Waals surface area contributed by atoms with Crippen LogP contribution >= 0.6 is 11.3 Å². The third-order valence-corrected chi connectivity index (χ3v) is 10.4. The molecule has 0 radical (unpaired) electrons. The highest BCUT2D eigenvalue weighted by atomic mass is 32.1. The molecule has 11 heteroatoms. The summed E-state index contributed by atoms with van der Waals surface area (Å²) < 4.78 is 6.28. The molecule has 1 aromatic heterocycles. The largest absolute Gasteiger partial charge is 0.464 e. The van der Waals surface area contributed by atoms with E-state index in [9.17, 15) is 24.0 Å². The number of esters is 1. The highest BCUT2D eigenvalue weighted by Gasteiger charge is 2.62. The maximum absolute atomic E-state index is 14.3. The van der Waals surface area contributed by atoms with E-state index in [1.54, 1.807) is 13.0 Å². The second-order valence-corrected chi connectivity index (χ2v) is 14.8. The van der Waals surface area contributed by atoms with Crippen LogP contribution in [0.5, 0.6) is 0 Å². The first-order valence-corrected chi connectivity index (χ1v) is 16.6. The van der Waals surface area contributed by atoms with Crippen molar-refractivity contribution in [2.24, 2.45) is 17.3 Å². The van der Waals surface area contributed by atoms with Crippen molar-refractivity contribution in [3.8, 4) is 0 Å². The van der Waals surface area contributed by atoms with Gasteiger partial charge in [-0.1, -0.05) is 45.0 Å². The van der Waals surface area contributed by atoms with Crippen LogP contribution in [0.3, 0.4) is 0 Å². The summed E-state index contributed by atoms with van der Waals surface area (Å²) in [6.45, 7) is 13.3. The molecule has 0 bridgehead atoms. The summed E-state index contributed by atoms with van der Waals surface area (Å²) in [5, 5.41) is 9.90. The Labute approximate surface area is 268 Å². The molecule has 3 N–H and O–H groups in total. The minimum Gasteiger partial charge on any atom is -0.464 e. The van der Waals surface area contributed by atoms with Crippen LogP contribution in [0.2, 0.25) is 0 Å². The Balaban J connectivity index is 1.40. The Morgan fingerprint density at radius 1 is 1.18 bits per heavy atom. The highest BCUT2D eigenvalue weighted by molar-refractivity contribution is 7.21. The fraction of sp³-hybridized carbons (Fsp3) is 0.559. The van der Waals surface area contributed by atoms with Crippen LogP contribution in [-0.2, 0) is 23.9 Å². The van der Waals surface area contributed by atoms with Crippen molar-refractivity contribution in [1.29, 1.82) is 0 Å². The lowest BCUT2D eigenvalue weighted by atomic mass is 9.85. The lowest BCUT2D eigenvalue weighted by Gasteiger charge is -2.35.